The fourth-order valence-electron chi connectivity index (χ4n) is 3.84. The van der Waals surface area contributed by atoms with E-state index in [-0.39, 0.29) is 6.61 Å². The van der Waals surface area contributed by atoms with E-state index >= 15 is 0 Å². The zero-order valence-corrected chi connectivity index (χ0v) is 20.9. The Morgan fingerprint density at radius 2 is 1.51 bits per heavy atom. The predicted octanol–water partition coefficient (Wildman–Crippen LogP) is 2.23. The van der Waals surface area contributed by atoms with Crippen LogP contribution in [-0.4, -0.2) is 69.9 Å². The number of hydrogen-bond donors (Lipinski definition) is 0. The third-order valence-corrected chi connectivity index (χ3v) is 6.24. The molecule has 12 heteroatoms. The Kier molecular flexibility index (Phi) is 8.73. The average molecular weight is 509 g/mol. The number of hydrogen-bond acceptors (Lipinski definition) is 11. The van der Waals surface area contributed by atoms with Crippen LogP contribution in [0.1, 0.15) is 34.6 Å². The smallest absolute Gasteiger partial charge is 0.303 e. The van der Waals surface area contributed by atoms with Crippen molar-refractivity contribution in [1.82, 2.24) is 9.55 Å². The Balaban J connectivity index is 2.04. The van der Waals surface area contributed by atoms with E-state index in [1.165, 1.54) is 27.7 Å². The summed E-state index contributed by atoms with van der Waals surface area (Å²) in [4.78, 5) is 52.0. The third kappa shape index (κ3) is 6.51. The summed E-state index contributed by atoms with van der Waals surface area (Å²) in [5.74, 6) is -2.57. The van der Waals surface area contributed by atoms with E-state index in [9.17, 15) is 19.2 Å². The summed E-state index contributed by atoms with van der Waals surface area (Å²) in [5, 5.41) is 0.578. The van der Waals surface area contributed by atoms with Crippen LogP contribution in [0.3, 0.4) is 0 Å². The van der Waals surface area contributed by atoms with Crippen molar-refractivity contribution in [2.75, 3.05) is 6.61 Å². The largest absolute Gasteiger partial charge is 0.463 e. The minimum atomic E-state index is -1.22. The molecule has 0 spiro atoms. The molecule has 1 aliphatic rings. The van der Waals surface area contributed by atoms with E-state index in [1.807, 2.05) is 35.8 Å². The Hall–Kier alpha value is -3.12. The van der Waals surface area contributed by atoms with Gasteiger partial charge in [-0.3, -0.25) is 19.2 Å². The molecule has 2 aromatic rings. The van der Waals surface area contributed by atoms with Crippen LogP contribution < -0.4 is 0 Å². The topological polar surface area (TPSA) is 132 Å². The molecule has 5 atom stereocenters. The molecule has 0 radical (unpaired) electrons. The number of rotatable bonds is 8. The van der Waals surface area contributed by atoms with Gasteiger partial charge < -0.3 is 28.3 Å². The monoisotopic (exact) mass is 508 g/mol. The van der Waals surface area contributed by atoms with Gasteiger partial charge in [0.1, 0.15) is 12.7 Å². The van der Waals surface area contributed by atoms with E-state index in [2.05, 4.69) is 4.98 Å². The van der Waals surface area contributed by atoms with Gasteiger partial charge in [-0.1, -0.05) is 23.9 Å². The van der Waals surface area contributed by atoms with Crippen LogP contribution in [0, 0.1) is 0 Å². The highest BCUT2D eigenvalue weighted by atomic mass is 32.2. The number of esters is 4. The molecule has 190 valence electrons. The lowest BCUT2D eigenvalue weighted by atomic mass is 9.99. The number of aromatic nitrogens is 2. The molecule has 1 aromatic carbocycles. The van der Waals surface area contributed by atoms with Crippen molar-refractivity contribution in [3.63, 3.8) is 0 Å². The fourth-order valence-corrected chi connectivity index (χ4v) is 5.09. The lowest BCUT2D eigenvalue weighted by Gasteiger charge is -2.44. The molecule has 0 saturated carbocycles. The van der Waals surface area contributed by atoms with Crippen molar-refractivity contribution in [3.8, 4) is 0 Å². The standard InChI is InChI=1S/C23H28N2O9S/c1-6-25-17-10-8-7-9-16(17)24-23(25)35-22-21(33-15(5)29)20(32-14(4)28)19(31-13(3)27)18(34-22)11-30-12(2)26/h7-10,18-22H,6,11H2,1-5H3. The van der Waals surface area contributed by atoms with Gasteiger partial charge in [-0.2, -0.15) is 0 Å². The Bertz CT molecular complexity index is 1100. The molecule has 2 heterocycles. The van der Waals surface area contributed by atoms with Crippen LogP contribution in [0.5, 0.6) is 0 Å². The number of aryl methyl sites for hydroxylation is 1. The molecule has 1 fully saturated rings. The van der Waals surface area contributed by atoms with Gasteiger partial charge in [-0.05, 0) is 19.1 Å². The number of fused-ring (bicyclic) bond motifs is 1. The second-order valence-corrected chi connectivity index (χ2v) is 8.88. The van der Waals surface area contributed by atoms with Crippen molar-refractivity contribution in [2.45, 2.75) is 76.2 Å². The van der Waals surface area contributed by atoms with Crippen LogP contribution in [0.15, 0.2) is 29.4 Å². The number of imidazole rings is 1. The molecule has 1 aromatic heterocycles. The maximum absolute atomic E-state index is 12.0. The molecule has 11 nitrogen and oxygen atoms in total. The summed E-state index contributed by atoms with van der Waals surface area (Å²) in [7, 11) is 0. The summed E-state index contributed by atoms with van der Waals surface area (Å²) in [5.41, 5.74) is 0.739. The highest BCUT2D eigenvalue weighted by molar-refractivity contribution is 7.99. The number of para-hydroxylation sites is 2. The molecule has 0 bridgehead atoms. The van der Waals surface area contributed by atoms with Gasteiger partial charge in [0, 0.05) is 34.2 Å². The predicted molar refractivity (Wildman–Crippen MR) is 123 cm³/mol. The molecule has 0 amide bonds. The molecule has 35 heavy (non-hydrogen) atoms. The number of nitrogens with zero attached hydrogens (tertiary/aromatic N) is 2. The molecule has 0 N–H and O–H groups in total. The first-order valence-electron chi connectivity index (χ1n) is 11.0. The van der Waals surface area contributed by atoms with Crippen LogP contribution >= 0.6 is 11.8 Å². The number of benzene rings is 1. The first-order valence-corrected chi connectivity index (χ1v) is 11.9. The lowest BCUT2D eigenvalue weighted by Crippen LogP contribution is -2.61. The highest BCUT2D eigenvalue weighted by Gasteiger charge is 2.52. The Morgan fingerprint density at radius 3 is 2.11 bits per heavy atom. The van der Waals surface area contributed by atoms with Crippen LogP contribution in [0.25, 0.3) is 11.0 Å². The zero-order chi connectivity index (χ0) is 25.7. The minimum Gasteiger partial charge on any atom is -0.463 e. The fraction of sp³-hybridized carbons (Fsp3) is 0.522. The second-order valence-electron chi connectivity index (χ2n) is 7.81. The number of thioether (sulfide) groups is 1. The first-order chi connectivity index (χ1) is 16.6. The molecule has 1 saturated heterocycles. The molecule has 0 aliphatic carbocycles. The molecule has 3 rings (SSSR count). The summed E-state index contributed by atoms with van der Waals surface area (Å²) in [6.45, 7) is 7.09. The van der Waals surface area contributed by atoms with Gasteiger partial charge in [0.2, 0.25) is 0 Å². The van der Waals surface area contributed by atoms with Crippen molar-refractivity contribution in [2.24, 2.45) is 0 Å². The quantitative estimate of drug-likeness (QED) is 0.384. The van der Waals surface area contributed by atoms with Gasteiger partial charge in [-0.25, -0.2) is 4.98 Å². The maximum Gasteiger partial charge on any atom is 0.303 e. The van der Waals surface area contributed by atoms with Gasteiger partial charge in [0.05, 0.1) is 11.0 Å². The van der Waals surface area contributed by atoms with E-state index in [4.69, 9.17) is 23.7 Å². The van der Waals surface area contributed by atoms with Crippen molar-refractivity contribution in [3.05, 3.63) is 24.3 Å². The maximum atomic E-state index is 12.0. The summed E-state index contributed by atoms with van der Waals surface area (Å²) in [6, 6.07) is 7.58. The van der Waals surface area contributed by atoms with Gasteiger partial charge >= 0.3 is 23.9 Å². The van der Waals surface area contributed by atoms with Crippen molar-refractivity contribution >= 4 is 46.7 Å². The van der Waals surface area contributed by atoms with Crippen LogP contribution in [0.4, 0.5) is 0 Å². The summed E-state index contributed by atoms with van der Waals surface area (Å²) < 4.78 is 29.7. The Labute approximate surface area is 206 Å². The van der Waals surface area contributed by atoms with Gasteiger partial charge in [0.25, 0.3) is 0 Å². The van der Waals surface area contributed by atoms with Crippen molar-refractivity contribution in [1.29, 1.82) is 0 Å². The lowest BCUT2D eigenvalue weighted by molar-refractivity contribution is -0.237. The molecular weight excluding hydrogens is 480 g/mol. The summed E-state index contributed by atoms with van der Waals surface area (Å²) >= 11 is 1.16. The van der Waals surface area contributed by atoms with E-state index in [0.717, 1.165) is 22.8 Å². The van der Waals surface area contributed by atoms with Crippen LogP contribution in [0.2, 0.25) is 0 Å². The van der Waals surface area contributed by atoms with Gasteiger partial charge in [-0.15, -0.1) is 0 Å². The highest BCUT2D eigenvalue weighted by Crippen LogP contribution is 2.38. The second kappa shape index (κ2) is 11.5. The molecule has 1 aliphatic heterocycles. The van der Waals surface area contributed by atoms with E-state index in [1.54, 1.807) is 0 Å². The number of carbonyl (C=O) groups excluding carboxylic acids is 4. The SMILES string of the molecule is CCn1c(SC2OC(COC(C)=O)C(OC(C)=O)C(OC(C)=O)C2OC(C)=O)nc2ccccc21. The first kappa shape index (κ1) is 26.5. The van der Waals surface area contributed by atoms with Crippen molar-refractivity contribution < 1.29 is 42.9 Å². The third-order valence-electron chi connectivity index (χ3n) is 5.11. The van der Waals surface area contributed by atoms with Gasteiger partial charge in [0.15, 0.2) is 28.9 Å². The summed E-state index contributed by atoms with van der Waals surface area (Å²) in [6.07, 6.45) is -4.56. The van der Waals surface area contributed by atoms with E-state index < -0.39 is 53.7 Å². The molecule has 5 unspecified atom stereocenters. The average Bonchev–Trinajstić information content (AvgIpc) is 3.12. The molecular formula is C23H28N2O9S. The normalized spacial score (nSPS) is 24.0. The minimum absolute atomic E-state index is 0.279. The number of carbonyl (C=O) groups is 4. The number of ether oxygens (including phenoxy) is 5. The Morgan fingerprint density at radius 1 is 0.914 bits per heavy atom. The zero-order valence-electron chi connectivity index (χ0n) is 20.1. The van der Waals surface area contributed by atoms with Crippen LogP contribution in [-0.2, 0) is 49.4 Å². The van der Waals surface area contributed by atoms with E-state index in [0.29, 0.717) is 11.7 Å².